The van der Waals surface area contributed by atoms with E-state index in [0.29, 0.717) is 16.9 Å². The molecule has 1 atom stereocenters. The summed E-state index contributed by atoms with van der Waals surface area (Å²) in [6.45, 7) is 1.66. The van der Waals surface area contributed by atoms with Gasteiger partial charge in [-0.1, -0.05) is 36.4 Å². The van der Waals surface area contributed by atoms with E-state index in [2.05, 4.69) is 20.7 Å². The van der Waals surface area contributed by atoms with Crippen molar-refractivity contribution in [2.45, 2.75) is 13.0 Å². The van der Waals surface area contributed by atoms with Crippen LogP contribution in [0.15, 0.2) is 71.9 Å². The lowest BCUT2D eigenvalue weighted by Gasteiger charge is -2.30. The Morgan fingerprint density at radius 1 is 1.07 bits per heavy atom. The number of para-hydroxylation sites is 2. The summed E-state index contributed by atoms with van der Waals surface area (Å²) in [5, 5.41) is 5.09. The fraction of sp³-hybridized carbons (Fsp3) is 0.100. The molecule has 0 spiro atoms. The Morgan fingerprint density at radius 3 is 2.67 bits per heavy atom. The molecule has 1 aromatic heterocycles. The number of amides is 2. The molecule has 7 nitrogen and oxygen atoms in total. The van der Waals surface area contributed by atoms with Crippen LogP contribution in [0, 0.1) is 0 Å². The van der Waals surface area contributed by atoms with Crippen LogP contribution in [0.3, 0.4) is 0 Å². The maximum absolute atomic E-state index is 12.8. The number of rotatable bonds is 3. The first-order valence-corrected chi connectivity index (χ1v) is 8.52. The van der Waals surface area contributed by atoms with Gasteiger partial charge in [-0.3, -0.25) is 20.0 Å². The number of aliphatic imine (C=N–C) groups is 1. The average molecular weight is 359 g/mol. The molecule has 0 aliphatic carbocycles. The zero-order valence-corrected chi connectivity index (χ0v) is 14.6. The van der Waals surface area contributed by atoms with Crippen LogP contribution in [0.1, 0.15) is 6.92 Å². The smallest absolute Gasteiger partial charge is 0.292 e. The van der Waals surface area contributed by atoms with Crippen molar-refractivity contribution < 1.29 is 9.59 Å². The highest BCUT2D eigenvalue weighted by molar-refractivity contribution is 6.44. The van der Waals surface area contributed by atoms with Crippen LogP contribution >= 0.6 is 0 Å². The number of hydrazine groups is 1. The topological polar surface area (TPSA) is 86.7 Å². The number of nitrogens with one attached hydrogen (secondary N) is 2. The number of amidine groups is 1. The van der Waals surface area contributed by atoms with Crippen LogP contribution in [0.4, 0.5) is 11.4 Å². The van der Waals surface area contributed by atoms with Crippen LogP contribution in [0.5, 0.6) is 0 Å². The zero-order chi connectivity index (χ0) is 18.8. The third-order valence-corrected chi connectivity index (χ3v) is 4.23. The predicted molar refractivity (Wildman–Crippen MR) is 104 cm³/mol. The van der Waals surface area contributed by atoms with Crippen molar-refractivity contribution in [3.63, 3.8) is 0 Å². The van der Waals surface area contributed by atoms with Gasteiger partial charge in [-0.2, -0.15) is 0 Å². The van der Waals surface area contributed by atoms with Crippen LogP contribution in [0.2, 0.25) is 0 Å². The van der Waals surface area contributed by atoms with Crippen LogP contribution in [-0.4, -0.2) is 28.7 Å². The van der Waals surface area contributed by atoms with Crippen molar-refractivity contribution >= 4 is 39.9 Å². The van der Waals surface area contributed by atoms with Crippen LogP contribution in [0.25, 0.3) is 10.9 Å². The number of anilines is 2. The number of carbonyl (C=O) groups is 2. The molecular formula is C20H17N5O2. The van der Waals surface area contributed by atoms with E-state index in [1.807, 2.05) is 42.5 Å². The van der Waals surface area contributed by atoms with Crippen molar-refractivity contribution in [3.8, 4) is 0 Å². The van der Waals surface area contributed by atoms with Gasteiger partial charge in [0.05, 0.1) is 16.9 Å². The number of nitrogens with zero attached hydrogens (tertiary/aromatic N) is 3. The number of carbonyl (C=O) groups excluding carboxylic acids is 2. The van der Waals surface area contributed by atoms with Gasteiger partial charge < -0.3 is 5.32 Å². The fourth-order valence-electron chi connectivity index (χ4n) is 2.89. The summed E-state index contributed by atoms with van der Waals surface area (Å²) < 4.78 is 0. The highest BCUT2D eigenvalue weighted by Crippen LogP contribution is 2.21. The highest BCUT2D eigenvalue weighted by atomic mass is 16.2. The van der Waals surface area contributed by atoms with Gasteiger partial charge in [0.15, 0.2) is 0 Å². The predicted octanol–water partition coefficient (Wildman–Crippen LogP) is 2.51. The molecule has 0 saturated carbocycles. The van der Waals surface area contributed by atoms with E-state index in [4.69, 9.17) is 0 Å². The molecule has 0 bridgehead atoms. The second-order valence-electron chi connectivity index (χ2n) is 6.11. The molecule has 7 heteroatoms. The summed E-state index contributed by atoms with van der Waals surface area (Å²) in [6, 6.07) is 17.7. The standard InChI is InChI=1S/C20H17N5O2/c1-13-20(27)25(15-9-3-2-4-10-15)24-18(22-13)19(26)23-16-11-5-7-14-8-6-12-21-17(14)16/h2-13H,1H3,(H,22,24)(H,23,26). The highest BCUT2D eigenvalue weighted by Gasteiger charge is 2.30. The molecule has 134 valence electrons. The van der Waals surface area contributed by atoms with Gasteiger partial charge in [-0.15, -0.1) is 0 Å². The Labute approximate surface area is 155 Å². The van der Waals surface area contributed by atoms with Crippen molar-refractivity contribution in [2.24, 2.45) is 4.99 Å². The SMILES string of the molecule is CC1N=C(C(=O)Nc2cccc3cccnc23)NN(c2ccccc2)C1=O. The number of pyridine rings is 1. The molecule has 2 amide bonds. The van der Waals surface area contributed by atoms with E-state index in [9.17, 15) is 9.59 Å². The van der Waals surface area contributed by atoms with E-state index < -0.39 is 11.9 Å². The Hall–Kier alpha value is -3.74. The van der Waals surface area contributed by atoms with E-state index in [-0.39, 0.29) is 11.7 Å². The largest absolute Gasteiger partial charge is 0.317 e. The van der Waals surface area contributed by atoms with Crippen molar-refractivity contribution in [2.75, 3.05) is 10.3 Å². The Kier molecular flexibility index (Phi) is 4.25. The van der Waals surface area contributed by atoms with E-state index in [1.54, 1.807) is 31.3 Å². The summed E-state index contributed by atoms with van der Waals surface area (Å²) >= 11 is 0. The van der Waals surface area contributed by atoms with Crippen molar-refractivity contribution in [1.29, 1.82) is 0 Å². The molecule has 0 radical (unpaired) electrons. The van der Waals surface area contributed by atoms with Gasteiger partial charge in [-0.05, 0) is 31.2 Å². The summed E-state index contributed by atoms with van der Waals surface area (Å²) in [5.41, 5.74) is 4.73. The Bertz CT molecular complexity index is 1040. The zero-order valence-electron chi connectivity index (χ0n) is 14.6. The number of hydrogen-bond acceptors (Lipinski definition) is 5. The summed E-state index contributed by atoms with van der Waals surface area (Å²) in [7, 11) is 0. The van der Waals surface area contributed by atoms with Gasteiger partial charge in [0, 0.05) is 11.6 Å². The molecule has 4 rings (SSSR count). The van der Waals surface area contributed by atoms with Crippen LogP contribution < -0.4 is 15.8 Å². The maximum Gasteiger partial charge on any atom is 0.292 e. The molecule has 1 unspecified atom stereocenters. The second kappa shape index (κ2) is 6.87. The van der Waals surface area contributed by atoms with Crippen molar-refractivity contribution in [3.05, 3.63) is 66.9 Å². The average Bonchev–Trinajstić information content (AvgIpc) is 2.71. The second-order valence-corrected chi connectivity index (χ2v) is 6.11. The number of benzene rings is 2. The summed E-state index contributed by atoms with van der Waals surface area (Å²) in [5.74, 6) is -0.600. The lowest BCUT2D eigenvalue weighted by atomic mass is 10.2. The quantitative estimate of drug-likeness (QED) is 0.752. The third kappa shape index (κ3) is 3.22. The van der Waals surface area contributed by atoms with Gasteiger partial charge in [0.1, 0.15) is 6.04 Å². The molecule has 0 fully saturated rings. The van der Waals surface area contributed by atoms with Gasteiger partial charge in [0.25, 0.3) is 11.8 Å². The van der Waals surface area contributed by atoms with Gasteiger partial charge >= 0.3 is 0 Å². The normalized spacial score (nSPS) is 16.6. The third-order valence-electron chi connectivity index (χ3n) is 4.23. The molecule has 1 aliphatic heterocycles. The first kappa shape index (κ1) is 16.7. The lowest BCUT2D eigenvalue weighted by Crippen LogP contribution is -2.57. The Balaban J connectivity index is 1.61. The Morgan fingerprint density at radius 2 is 1.85 bits per heavy atom. The fourth-order valence-corrected chi connectivity index (χ4v) is 2.89. The summed E-state index contributed by atoms with van der Waals surface area (Å²) in [6.07, 6.45) is 1.67. The number of fused-ring (bicyclic) bond motifs is 1. The minimum atomic E-state index is -0.669. The molecule has 1 aliphatic rings. The molecule has 27 heavy (non-hydrogen) atoms. The van der Waals surface area contributed by atoms with E-state index in [1.165, 1.54) is 5.01 Å². The molecule has 2 N–H and O–H groups in total. The van der Waals surface area contributed by atoms with Crippen LogP contribution in [-0.2, 0) is 9.59 Å². The molecular weight excluding hydrogens is 342 g/mol. The minimum absolute atomic E-state index is 0.0684. The minimum Gasteiger partial charge on any atom is -0.317 e. The van der Waals surface area contributed by atoms with Crippen molar-refractivity contribution in [1.82, 2.24) is 10.4 Å². The van der Waals surface area contributed by atoms with E-state index >= 15 is 0 Å². The first-order chi connectivity index (χ1) is 13.1. The first-order valence-electron chi connectivity index (χ1n) is 8.52. The van der Waals surface area contributed by atoms with Gasteiger partial charge in [0.2, 0.25) is 5.84 Å². The maximum atomic E-state index is 12.8. The molecule has 3 aromatic rings. The monoisotopic (exact) mass is 359 g/mol. The van der Waals surface area contributed by atoms with E-state index in [0.717, 1.165) is 5.39 Å². The molecule has 2 heterocycles. The lowest BCUT2D eigenvalue weighted by molar-refractivity contribution is -0.120. The van der Waals surface area contributed by atoms with Gasteiger partial charge in [-0.25, -0.2) is 10.0 Å². The molecule has 2 aromatic carbocycles. The molecule has 0 saturated heterocycles. The number of aromatic nitrogens is 1. The summed E-state index contributed by atoms with van der Waals surface area (Å²) in [4.78, 5) is 33.7. The number of hydrogen-bond donors (Lipinski definition) is 2.